The summed E-state index contributed by atoms with van der Waals surface area (Å²) in [6.45, 7) is 6.20. The molecular weight excluding hydrogens is 242 g/mol. The van der Waals surface area contributed by atoms with E-state index in [1.165, 1.54) is 0 Å². The minimum atomic E-state index is -0.685. The highest BCUT2D eigenvalue weighted by Gasteiger charge is 2.46. The number of carbonyl (C=O) groups is 1. The zero-order valence-electron chi connectivity index (χ0n) is 11.6. The van der Waals surface area contributed by atoms with Gasteiger partial charge in [0.15, 0.2) is 0 Å². The van der Waals surface area contributed by atoms with Crippen LogP contribution in [0.3, 0.4) is 0 Å². The first-order chi connectivity index (χ1) is 8.93. The standard InChI is InChI=1S/C14H21N3O2/c1-9-11(17-12-8-15-6-7-16-12)5-4-10(13(18)19)14(9,2)3/h6-11H,4-5H2,1-3H3,(H,16,17)(H,18,19). The number of carboxylic acids is 1. The summed E-state index contributed by atoms with van der Waals surface area (Å²) < 4.78 is 0. The first kappa shape index (κ1) is 13.8. The van der Waals surface area contributed by atoms with Crippen LogP contribution in [-0.4, -0.2) is 27.1 Å². The van der Waals surface area contributed by atoms with Crippen molar-refractivity contribution in [3.05, 3.63) is 18.6 Å². The van der Waals surface area contributed by atoms with Crippen LogP contribution >= 0.6 is 0 Å². The van der Waals surface area contributed by atoms with Crippen molar-refractivity contribution in [2.45, 2.75) is 39.7 Å². The molecule has 3 atom stereocenters. The van der Waals surface area contributed by atoms with Crippen molar-refractivity contribution in [3.8, 4) is 0 Å². The number of hydrogen-bond donors (Lipinski definition) is 2. The van der Waals surface area contributed by atoms with Crippen LogP contribution in [0.2, 0.25) is 0 Å². The second-order valence-corrected chi connectivity index (χ2v) is 5.92. The van der Waals surface area contributed by atoms with Crippen molar-refractivity contribution in [3.63, 3.8) is 0 Å². The number of carboxylic acid groups (broad SMARTS) is 1. The van der Waals surface area contributed by atoms with Gasteiger partial charge in [-0.2, -0.15) is 0 Å². The first-order valence-electron chi connectivity index (χ1n) is 6.68. The Morgan fingerprint density at radius 1 is 1.42 bits per heavy atom. The average molecular weight is 263 g/mol. The minimum absolute atomic E-state index is 0.232. The minimum Gasteiger partial charge on any atom is -0.481 e. The molecule has 19 heavy (non-hydrogen) atoms. The first-order valence-corrected chi connectivity index (χ1v) is 6.68. The van der Waals surface area contributed by atoms with Crippen molar-refractivity contribution in [1.29, 1.82) is 0 Å². The third-order valence-corrected chi connectivity index (χ3v) is 4.64. The average Bonchev–Trinajstić information content (AvgIpc) is 2.36. The number of aromatic nitrogens is 2. The lowest BCUT2D eigenvalue weighted by atomic mass is 9.61. The number of hydrogen-bond acceptors (Lipinski definition) is 4. The van der Waals surface area contributed by atoms with Crippen LogP contribution in [0.5, 0.6) is 0 Å². The molecule has 0 amide bonds. The summed E-state index contributed by atoms with van der Waals surface area (Å²) in [5.74, 6) is 0.0468. The van der Waals surface area contributed by atoms with Crippen LogP contribution in [0.1, 0.15) is 33.6 Å². The fourth-order valence-electron chi connectivity index (χ4n) is 3.01. The summed E-state index contributed by atoms with van der Waals surface area (Å²) in [5, 5.41) is 12.7. The van der Waals surface area contributed by atoms with E-state index in [2.05, 4.69) is 22.2 Å². The van der Waals surface area contributed by atoms with Crippen molar-refractivity contribution in [1.82, 2.24) is 9.97 Å². The predicted octanol–water partition coefficient (Wildman–Crippen LogP) is 2.41. The molecule has 0 radical (unpaired) electrons. The summed E-state index contributed by atoms with van der Waals surface area (Å²) in [7, 11) is 0. The van der Waals surface area contributed by atoms with Crippen LogP contribution in [0.4, 0.5) is 5.82 Å². The maximum Gasteiger partial charge on any atom is 0.307 e. The Bertz CT molecular complexity index is 447. The maximum atomic E-state index is 11.3. The number of nitrogens with zero attached hydrogens (tertiary/aromatic N) is 2. The van der Waals surface area contributed by atoms with Crippen molar-refractivity contribution in [2.75, 3.05) is 5.32 Å². The van der Waals surface area contributed by atoms with Gasteiger partial charge in [-0.1, -0.05) is 20.8 Å². The van der Waals surface area contributed by atoms with E-state index in [4.69, 9.17) is 0 Å². The van der Waals surface area contributed by atoms with Crippen LogP contribution in [0, 0.1) is 17.3 Å². The number of rotatable bonds is 3. The van der Waals surface area contributed by atoms with Gasteiger partial charge >= 0.3 is 5.97 Å². The van der Waals surface area contributed by atoms with Crippen molar-refractivity contribution < 1.29 is 9.90 Å². The Kier molecular flexibility index (Phi) is 3.73. The molecular formula is C14H21N3O2. The fourth-order valence-corrected chi connectivity index (χ4v) is 3.01. The van der Waals surface area contributed by atoms with Crippen LogP contribution in [0.15, 0.2) is 18.6 Å². The topological polar surface area (TPSA) is 75.1 Å². The van der Waals surface area contributed by atoms with E-state index in [1.54, 1.807) is 18.6 Å². The van der Waals surface area contributed by atoms with Gasteiger partial charge in [0.1, 0.15) is 5.82 Å². The highest BCUT2D eigenvalue weighted by atomic mass is 16.4. The molecule has 5 nitrogen and oxygen atoms in total. The Balaban J connectivity index is 2.12. The van der Waals surface area contributed by atoms with Crippen LogP contribution in [-0.2, 0) is 4.79 Å². The van der Waals surface area contributed by atoms with E-state index < -0.39 is 5.97 Å². The number of anilines is 1. The quantitative estimate of drug-likeness (QED) is 0.876. The molecule has 3 unspecified atom stereocenters. The van der Waals surface area contributed by atoms with Gasteiger partial charge in [0, 0.05) is 18.4 Å². The highest BCUT2D eigenvalue weighted by Crippen LogP contribution is 2.45. The molecule has 0 saturated heterocycles. The summed E-state index contributed by atoms with van der Waals surface area (Å²) in [6, 6.07) is 0.238. The van der Waals surface area contributed by atoms with Gasteiger partial charge in [-0.15, -0.1) is 0 Å². The molecule has 1 aliphatic carbocycles. The van der Waals surface area contributed by atoms with Crippen LogP contribution < -0.4 is 5.32 Å². The third kappa shape index (κ3) is 2.69. The van der Waals surface area contributed by atoms with Gasteiger partial charge in [0.05, 0.1) is 12.1 Å². The molecule has 5 heteroatoms. The monoisotopic (exact) mass is 263 g/mol. The molecule has 1 aliphatic rings. The highest BCUT2D eigenvalue weighted by molar-refractivity contribution is 5.71. The van der Waals surface area contributed by atoms with Crippen LogP contribution in [0.25, 0.3) is 0 Å². The molecule has 2 rings (SSSR count). The predicted molar refractivity (Wildman–Crippen MR) is 72.7 cm³/mol. The van der Waals surface area contributed by atoms with E-state index >= 15 is 0 Å². The maximum absolute atomic E-state index is 11.3. The van der Waals surface area contributed by atoms with Crippen molar-refractivity contribution >= 4 is 11.8 Å². The molecule has 104 valence electrons. The summed E-state index contributed by atoms with van der Waals surface area (Å²) in [6.07, 6.45) is 6.53. The molecule has 1 aromatic rings. The molecule has 1 aromatic heterocycles. The van der Waals surface area contributed by atoms with E-state index in [9.17, 15) is 9.90 Å². The van der Waals surface area contributed by atoms with Gasteiger partial charge < -0.3 is 10.4 Å². The molecule has 0 bridgehead atoms. The lowest BCUT2D eigenvalue weighted by molar-refractivity contribution is -0.149. The molecule has 1 saturated carbocycles. The Hall–Kier alpha value is -1.65. The van der Waals surface area contributed by atoms with Gasteiger partial charge in [-0.25, -0.2) is 4.98 Å². The lowest BCUT2D eigenvalue weighted by Crippen LogP contribution is -2.48. The summed E-state index contributed by atoms with van der Waals surface area (Å²) >= 11 is 0. The summed E-state index contributed by atoms with van der Waals surface area (Å²) in [5.41, 5.74) is -0.232. The zero-order chi connectivity index (χ0) is 14.0. The molecule has 0 spiro atoms. The van der Waals surface area contributed by atoms with Gasteiger partial charge in [-0.05, 0) is 24.2 Å². The molecule has 0 aromatic carbocycles. The second-order valence-electron chi connectivity index (χ2n) is 5.92. The number of nitrogens with one attached hydrogen (secondary N) is 1. The smallest absolute Gasteiger partial charge is 0.307 e. The van der Waals surface area contributed by atoms with Crippen molar-refractivity contribution in [2.24, 2.45) is 17.3 Å². The van der Waals surface area contributed by atoms with E-state index in [1.807, 2.05) is 13.8 Å². The van der Waals surface area contributed by atoms with E-state index in [0.717, 1.165) is 12.2 Å². The second kappa shape index (κ2) is 5.15. The number of aliphatic carboxylic acids is 1. The van der Waals surface area contributed by atoms with Gasteiger partial charge in [0.2, 0.25) is 0 Å². The third-order valence-electron chi connectivity index (χ3n) is 4.64. The molecule has 2 N–H and O–H groups in total. The SMILES string of the molecule is CC1C(Nc2cnccn2)CCC(C(=O)O)C1(C)C. The molecule has 0 aliphatic heterocycles. The normalized spacial score (nSPS) is 29.7. The van der Waals surface area contributed by atoms with E-state index in [0.29, 0.717) is 6.42 Å². The largest absolute Gasteiger partial charge is 0.481 e. The van der Waals surface area contributed by atoms with Gasteiger partial charge in [-0.3, -0.25) is 9.78 Å². The lowest BCUT2D eigenvalue weighted by Gasteiger charge is -2.46. The fraction of sp³-hybridized carbons (Fsp3) is 0.643. The van der Waals surface area contributed by atoms with E-state index in [-0.39, 0.29) is 23.3 Å². The Morgan fingerprint density at radius 2 is 2.16 bits per heavy atom. The summed E-state index contributed by atoms with van der Waals surface area (Å²) in [4.78, 5) is 19.6. The van der Waals surface area contributed by atoms with Gasteiger partial charge in [0.25, 0.3) is 0 Å². The molecule has 1 heterocycles. The Labute approximate surface area is 113 Å². The zero-order valence-corrected chi connectivity index (χ0v) is 11.6. The Morgan fingerprint density at radius 3 is 2.74 bits per heavy atom. The molecule has 1 fully saturated rings.